The van der Waals surface area contributed by atoms with Crippen molar-refractivity contribution in [3.63, 3.8) is 0 Å². The number of unbranched alkanes of at least 4 members (excludes halogenated alkanes) is 1. The van der Waals surface area contributed by atoms with E-state index < -0.39 is 10.3 Å². The molecule has 0 heterocycles. The van der Waals surface area contributed by atoms with Crippen molar-refractivity contribution in [1.29, 1.82) is 0 Å². The molecule has 0 radical (unpaired) electrons. The van der Waals surface area contributed by atoms with Crippen LogP contribution in [0.5, 0.6) is 5.75 Å². The Kier molecular flexibility index (Phi) is 7.78. The Labute approximate surface area is 123 Å². The van der Waals surface area contributed by atoms with E-state index in [0.717, 1.165) is 36.9 Å². The minimum atomic E-state index is -4.14. The van der Waals surface area contributed by atoms with Crippen LogP contribution >= 0.6 is 0 Å². The number of rotatable bonds is 10. The summed E-state index contributed by atoms with van der Waals surface area (Å²) in [6.45, 7) is 1.77. The van der Waals surface area contributed by atoms with Gasteiger partial charge in [0.15, 0.2) is 0 Å². The summed E-state index contributed by atoms with van der Waals surface area (Å²) < 4.78 is 37.2. The fourth-order valence-electron chi connectivity index (χ4n) is 1.60. The van der Waals surface area contributed by atoms with Crippen LogP contribution < -0.4 is 14.8 Å². The van der Waals surface area contributed by atoms with Crippen LogP contribution in [0.1, 0.15) is 18.4 Å². The molecule has 0 amide bonds. The van der Waals surface area contributed by atoms with Gasteiger partial charge >= 0.3 is 10.3 Å². The molecular formula is C12H22N2O4SSi. The lowest BCUT2D eigenvalue weighted by atomic mass is 10.2. The number of hydrogen-bond acceptors (Lipinski definition) is 4. The fourth-order valence-corrected chi connectivity index (χ4v) is 2.30. The van der Waals surface area contributed by atoms with Crippen LogP contribution in [0.25, 0.3) is 0 Å². The van der Waals surface area contributed by atoms with Crippen molar-refractivity contribution in [3.05, 3.63) is 29.8 Å². The first-order valence-corrected chi connectivity index (χ1v) is 9.51. The molecule has 1 aromatic carbocycles. The maximum absolute atomic E-state index is 10.5. The number of nitrogens with one attached hydrogen (secondary N) is 2. The summed E-state index contributed by atoms with van der Waals surface area (Å²) in [6.07, 6.45) is 3.22. The van der Waals surface area contributed by atoms with Gasteiger partial charge in [-0.25, -0.2) is 0 Å². The van der Waals surface area contributed by atoms with Gasteiger partial charge in [-0.15, -0.1) is 0 Å². The van der Waals surface area contributed by atoms with E-state index in [0.29, 0.717) is 6.61 Å². The highest BCUT2D eigenvalue weighted by atomic mass is 32.2. The predicted molar refractivity (Wildman–Crippen MR) is 82.4 cm³/mol. The Bertz CT molecular complexity index is 479. The molecule has 1 rings (SSSR count). The molecule has 8 heteroatoms. The van der Waals surface area contributed by atoms with E-state index in [1.54, 1.807) is 24.3 Å². The third kappa shape index (κ3) is 8.28. The van der Waals surface area contributed by atoms with E-state index in [9.17, 15) is 8.42 Å². The summed E-state index contributed by atoms with van der Waals surface area (Å²) in [5.41, 5.74) is 0.756. The van der Waals surface area contributed by atoms with Gasteiger partial charge in [-0.05, 0) is 43.3 Å². The van der Waals surface area contributed by atoms with E-state index in [4.69, 9.17) is 9.29 Å². The van der Waals surface area contributed by atoms with Crippen molar-refractivity contribution in [3.8, 4) is 5.75 Å². The Balaban J connectivity index is 2.25. The highest BCUT2D eigenvalue weighted by Gasteiger charge is 2.03. The standard InChI is InChI=1S/C12H22N2O4SSi/c15-19(16,17)14-9-11-3-5-12(6-4-11)18-8-2-1-7-13-10-20/h3-6,13-14H,1-2,7-10H2,20H3,(H,15,16,17). The van der Waals surface area contributed by atoms with Crippen molar-refractivity contribution in [2.24, 2.45) is 0 Å². The average Bonchev–Trinajstić information content (AvgIpc) is 2.41. The molecular weight excluding hydrogens is 296 g/mol. The van der Waals surface area contributed by atoms with Gasteiger partial charge in [0, 0.05) is 16.8 Å². The lowest BCUT2D eigenvalue weighted by Crippen LogP contribution is -2.21. The zero-order chi connectivity index (χ0) is 14.8. The predicted octanol–water partition coefficient (Wildman–Crippen LogP) is -0.350. The Morgan fingerprint density at radius 2 is 1.90 bits per heavy atom. The quantitative estimate of drug-likeness (QED) is 0.312. The van der Waals surface area contributed by atoms with E-state index in [1.165, 1.54) is 10.2 Å². The largest absolute Gasteiger partial charge is 0.494 e. The molecule has 0 unspecified atom stereocenters. The second kappa shape index (κ2) is 9.09. The molecule has 3 N–H and O–H groups in total. The lowest BCUT2D eigenvalue weighted by molar-refractivity contribution is 0.306. The maximum Gasteiger partial charge on any atom is 0.333 e. The van der Waals surface area contributed by atoms with Gasteiger partial charge in [0.2, 0.25) is 0 Å². The van der Waals surface area contributed by atoms with E-state index in [2.05, 4.69) is 5.32 Å². The van der Waals surface area contributed by atoms with Crippen LogP contribution in [0.15, 0.2) is 24.3 Å². The summed E-state index contributed by atoms with van der Waals surface area (Å²) >= 11 is 0. The number of benzene rings is 1. The third-order valence-corrected chi connectivity index (χ3v) is 3.66. The molecule has 0 saturated carbocycles. The smallest absolute Gasteiger partial charge is 0.333 e. The maximum atomic E-state index is 10.5. The topological polar surface area (TPSA) is 87.7 Å². The van der Waals surface area contributed by atoms with E-state index in [-0.39, 0.29) is 6.54 Å². The molecule has 20 heavy (non-hydrogen) atoms. The molecule has 0 aromatic heterocycles. The normalized spacial score (nSPS) is 11.7. The lowest BCUT2D eigenvalue weighted by Gasteiger charge is -2.07. The van der Waals surface area contributed by atoms with Crippen LogP contribution in [0.2, 0.25) is 0 Å². The van der Waals surface area contributed by atoms with E-state index >= 15 is 0 Å². The fraction of sp³-hybridized carbons (Fsp3) is 0.500. The molecule has 0 saturated heterocycles. The molecule has 0 fully saturated rings. The van der Waals surface area contributed by atoms with Gasteiger partial charge in [0.1, 0.15) is 5.75 Å². The minimum Gasteiger partial charge on any atom is -0.494 e. The number of hydrogen-bond donors (Lipinski definition) is 3. The van der Waals surface area contributed by atoms with E-state index in [1.807, 2.05) is 4.72 Å². The van der Waals surface area contributed by atoms with Gasteiger partial charge in [-0.1, -0.05) is 12.1 Å². The summed E-state index contributed by atoms with van der Waals surface area (Å²) in [4.78, 5) is 0. The number of ether oxygens (including phenoxy) is 1. The summed E-state index contributed by atoms with van der Waals surface area (Å²) in [5.74, 6) is 0.761. The average molecular weight is 318 g/mol. The van der Waals surface area contributed by atoms with Gasteiger partial charge in [-0.2, -0.15) is 13.1 Å². The molecule has 0 aliphatic rings. The van der Waals surface area contributed by atoms with Gasteiger partial charge in [0.05, 0.1) is 6.61 Å². The Hall–Kier alpha value is -0.933. The highest BCUT2D eigenvalue weighted by molar-refractivity contribution is 7.83. The molecule has 0 atom stereocenters. The third-order valence-electron chi connectivity index (χ3n) is 2.65. The monoisotopic (exact) mass is 318 g/mol. The van der Waals surface area contributed by atoms with Crippen molar-refractivity contribution in [2.75, 3.05) is 19.3 Å². The van der Waals surface area contributed by atoms with Crippen LogP contribution in [0.4, 0.5) is 0 Å². The molecule has 0 bridgehead atoms. The zero-order valence-corrected chi connectivity index (χ0v) is 14.4. The molecule has 6 nitrogen and oxygen atoms in total. The summed E-state index contributed by atoms with van der Waals surface area (Å²) in [5, 5.41) is 3.31. The first-order chi connectivity index (χ1) is 9.51. The van der Waals surface area contributed by atoms with Crippen LogP contribution in [-0.4, -0.2) is 42.5 Å². The molecule has 0 aliphatic carbocycles. The molecule has 114 valence electrons. The molecule has 0 aliphatic heterocycles. The molecule has 1 aromatic rings. The second-order valence-corrected chi connectivity index (χ2v) is 6.30. The van der Waals surface area contributed by atoms with Crippen molar-refractivity contribution in [2.45, 2.75) is 19.4 Å². The zero-order valence-electron chi connectivity index (χ0n) is 11.6. The SMILES string of the molecule is O=S(=O)(O)NCc1ccc(OCCCCNC[SiH3])cc1. The Morgan fingerprint density at radius 1 is 1.20 bits per heavy atom. The minimum absolute atomic E-state index is 0.0606. The van der Waals surface area contributed by atoms with Crippen molar-refractivity contribution >= 4 is 20.5 Å². The van der Waals surface area contributed by atoms with Crippen LogP contribution in [0, 0.1) is 0 Å². The first-order valence-electron chi connectivity index (χ1n) is 6.66. The second-order valence-electron chi connectivity index (χ2n) is 4.35. The van der Waals surface area contributed by atoms with Crippen molar-refractivity contribution in [1.82, 2.24) is 10.0 Å². The van der Waals surface area contributed by atoms with Crippen LogP contribution in [0.3, 0.4) is 0 Å². The Morgan fingerprint density at radius 3 is 2.50 bits per heavy atom. The summed E-state index contributed by atoms with van der Waals surface area (Å²) in [6, 6.07) is 7.10. The first kappa shape index (κ1) is 17.1. The van der Waals surface area contributed by atoms with Crippen molar-refractivity contribution < 1.29 is 17.7 Å². The summed E-state index contributed by atoms with van der Waals surface area (Å²) in [7, 11) is -2.96. The molecule has 0 spiro atoms. The van der Waals surface area contributed by atoms with Gasteiger partial charge < -0.3 is 10.1 Å². The van der Waals surface area contributed by atoms with Gasteiger partial charge in [-0.3, -0.25) is 4.55 Å². The van der Waals surface area contributed by atoms with Gasteiger partial charge in [0.25, 0.3) is 0 Å². The van der Waals surface area contributed by atoms with Crippen LogP contribution in [-0.2, 0) is 16.8 Å². The highest BCUT2D eigenvalue weighted by Crippen LogP contribution is 2.12.